The number of rotatable bonds is 8. The van der Waals surface area contributed by atoms with Gasteiger partial charge in [0.25, 0.3) is 11.6 Å². The van der Waals surface area contributed by atoms with Gasteiger partial charge in [-0.05, 0) is 30.2 Å². The van der Waals surface area contributed by atoms with Crippen molar-refractivity contribution in [2.75, 3.05) is 0 Å². The molecule has 152 valence electrons. The second-order valence-electron chi connectivity index (χ2n) is 6.28. The Morgan fingerprint density at radius 3 is 2.55 bits per heavy atom. The normalized spacial score (nSPS) is 18.8. The summed E-state index contributed by atoms with van der Waals surface area (Å²) in [5, 5.41) is 21.2. The Kier molecular flexibility index (Phi) is 6.61. The molecule has 0 bridgehead atoms. The molecule has 0 aliphatic carbocycles. The number of β-lactam (4-membered cyclic amide) rings is 1. The van der Waals surface area contributed by atoms with Gasteiger partial charge in [-0.25, -0.2) is 9.18 Å². The fourth-order valence-electron chi connectivity index (χ4n) is 2.67. The molecule has 1 heterocycles. The summed E-state index contributed by atoms with van der Waals surface area (Å²) in [5.74, 6) is -2.58. The summed E-state index contributed by atoms with van der Waals surface area (Å²) in [6, 6.07) is 3.97. The van der Waals surface area contributed by atoms with Crippen molar-refractivity contribution in [1.82, 2.24) is 10.2 Å². The van der Waals surface area contributed by atoms with Gasteiger partial charge in [-0.3, -0.25) is 24.6 Å². The molecular formula is C18H17FN4O6. The van der Waals surface area contributed by atoms with E-state index in [9.17, 15) is 28.9 Å². The van der Waals surface area contributed by atoms with Crippen LogP contribution >= 0.6 is 0 Å². The Morgan fingerprint density at radius 1 is 1.45 bits per heavy atom. The lowest BCUT2D eigenvalue weighted by atomic mass is 9.98. The molecule has 3 atom stereocenters. The lowest BCUT2D eigenvalue weighted by Gasteiger charge is -2.45. The number of likely N-dealkylation sites (tertiary alicyclic amines) is 1. The zero-order valence-electron chi connectivity index (χ0n) is 15.3. The van der Waals surface area contributed by atoms with Gasteiger partial charge in [0.1, 0.15) is 13.0 Å². The standard InChI is InChI=1S/C18H17FN4O6/c1-10(2)15(22-16(19)14(17(22)25)21-13(24)7-8-20)18(26)29-9-11-3-5-12(6-4-11)23(27)28/h3-6,14-16H,1,7,9H2,2H3,(H,21,24). The van der Waals surface area contributed by atoms with Gasteiger partial charge in [0, 0.05) is 12.1 Å². The van der Waals surface area contributed by atoms with Gasteiger partial charge in [-0.2, -0.15) is 5.26 Å². The van der Waals surface area contributed by atoms with E-state index in [2.05, 4.69) is 11.9 Å². The maximum Gasteiger partial charge on any atom is 0.333 e. The summed E-state index contributed by atoms with van der Waals surface area (Å²) in [5.41, 5.74) is 0.477. The molecule has 29 heavy (non-hydrogen) atoms. The molecule has 11 heteroatoms. The molecule has 0 aromatic heterocycles. The van der Waals surface area contributed by atoms with E-state index in [1.807, 2.05) is 0 Å². The average molecular weight is 404 g/mol. The Bertz CT molecular complexity index is 895. The predicted molar refractivity (Wildman–Crippen MR) is 95.4 cm³/mol. The summed E-state index contributed by atoms with van der Waals surface area (Å²) < 4.78 is 19.5. The number of hydrogen-bond acceptors (Lipinski definition) is 7. The zero-order valence-corrected chi connectivity index (χ0v) is 15.3. The number of nitro groups is 1. The summed E-state index contributed by atoms with van der Waals surface area (Å²) in [6.45, 7) is 4.75. The first-order valence-corrected chi connectivity index (χ1v) is 8.35. The van der Waals surface area contributed by atoms with Crippen LogP contribution in [0.4, 0.5) is 10.1 Å². The first kappa shape index (κ1) is 21.5. The lowest BCUT2D eigenvalue weighted by Crippen LogP contribution is -2.72. The molecule has 1 aromatic carbocycles. The summed E-state index contributed by atoms with van der Waals surface area (Å²) in [4.78, 5) is 46.7. The highest BCUT2D eigenvalue weighted by Gasteiger charge is 2.54. The molecule has 0 radical (unpaired) electrons. The number of nitrogens with zero attached hydrogens (tertiary/aromatic N) is 3. The van der Waals surface area contributed by atoms with Gasteiger partial charge in [0.15, 0.2) is 12.1 Å². The minimum Gasteiger partial charge on any atom is -0.459 e. The number of amides is 2. The third-order valence-corrected chi connectivity index (χ3v) is 4.11. The van der Waals surface area contributed by atoms with Crippen molar-refractivity contribution in [3.05, 3.63) is 52.1 Å². The number of hydrogen-bond donors (Lipinski definition) is 1. The molecule has 2 rings (SSSR count). The quantitative estimate of drug-likeness (QED) is 0.171. The topological polar surface area (TPSA) is 143 Å². The van der Waals surface area contributed by atoms with E-state index >= 15 is 0 Å². The Morgan fingerprint density at radius 2 is 2.07 bits per heavy atom. The molecule has 10 nitrogen and oxygen atoms in total. The minimum absolute atomic E-state index is 0.129. The first-order chi connectivity index (χ1) is 13.7. The molecule has 1 aromatic rings. The number of carbonyl (C=O) groups is 3. The van der Waals surface area contributed by atoms with Gasteiger partial charge in [0.2, 0.25) is 12.2 Å². The van der Waals surface area contributed by atoms with E-state index in [0.29, 0.717) is 10.5 Å². The molecule has 3 unspecified atom stereocenters. The van der Waals surface area contributed by atoms with Crippen molar-refractivity contribution in [2.45, 2.75) is 38.3 Å². The first-order valence-electron chi connectivity index (χ1n) is 8.35. The highest BCUT2D eigenvalue weighted by atomic mass is 19.1. The second-order valence-corrected chi connectivity index (χ2v) is 6.28. The molecule has 2 amide bonds. The van der Waals surface area contributed by atoms with Crippen LogP contribution in [-0.4, -0.2) is 46.0 Å². The molecule has 1 N–H and O–H groups in total. The van der Waals surface area contributed by atoms with Crippen LogP contribution in [0.2, 0.25) is 0 Å². The smallest absolute Gasteiger partial charge is 0.333 e. The number of nitrogens with one attached hydrogen (secondary N) is 1. The Hall–Kier alpha value is -3.81. The highest BCUT2D eigenvalue weighted by Crippen LogP contribution is 2.28. The van der Waals surface area contributed by atoms with Crippen LogP contribution in [0.3, 0.4) is 0 Å². The molecule has 0 spiro atoms. The van der Waals surface area contributed by atoms with Crippen molar-refractivity contribution < 1.29 is 28.4 Å². The van der Waals surface area contributed by atoms with Gasteiger partial charge in [-0.1, -0.05) is 6.58 Å². The summed E-state index contributed by atoms with van der Waals surface area (Å²) >= 11 is 0. The summed E-state index contributed by atoms with van der Waals surface area (Å²) in [6.07, 6.45) is -2.52. The maximum absolute atomic E-state index is 14.4. The fourth-order valence-corrected chi connectivity index (χ4v) is 2.67. The number of halogens is 1. The fraction of sp³-hybridized carbons (Fsp3) is 0.333. The number of nitro benzene ring substituents is 1. The minimum atomic E-state index is -1.99. The van der Waals surface area contributed by atoms with Crippen LogP contribution in [0.5, 0.6) is 0 Å². The van der Waals surface area contributed by atoms with Crippen molar-refractivity contribution in [3.8, 4) is 6.07 Å². The molecule has 1 aliphatic rings. The van der Waals surface area contributed by atoms with Gasteiger partial charge in [0.05, 0.1) is 11.0 Å². The average Bonchev–Trinajstić information content (AvgIpc) is 2.68. The van der Waals surface area contributed by atoms with E-state index in [1.54, 1.807) is 6.07 Å². The third-order valence-electron chi connectivity index (χ3n) is 4.11. The van der Waals surface area contributed by atoms with Crippen molar-refractivity contribution in [3.63, 3.8) is 0 Å². The van der Waals surface area contributed by atoms with Gasteiger partial charge in [-0.15, -0.1) is 0 Å². The highest BCUT2D eigenvalue weighted by molar-refractivity contribution is 5.97. The number of non-ortho nitro benzene ring substituents is 1. The van der Waals surface area contributed by atoms with Crippen molar-refractivity contribution in [2.24, 2.45) is 0 Å². The van der Waals surface area contributed by atoms with Crippen molar-refractivity contribution >= 4 is 23.5 Å². The Labute approximate surface area is 164 Å². The van der Waals surface area contributed by atoms with Crippen LogP contribution in [0.1, 0.15) is 18.9 Å². The molecular weight excluding hydrogens is 387 g/mol. The molecule has 0 saturated carbocycles. The molecule has 1 saturated heterocycles. The van der Waals surface area contributed by atoms with Gasteiger partial charge < -0.3 is 10.1 Å². The van der Waals surface area contributed by atoms with Crippen LogP contribution in [0, 0.1) is 21.4 Å². The van der Waals surface area contributed by atoms with Crippen LogP contribution in [0.25, 0.3) is 0 Å². The molecule has 1 aliphatic heterocycles. The number of carbonyl (C=O) groups excluding carboxylic acids is 3. The second kappa shape index (κ2) is 8.92. The van der Waals surface area contributed by atoms with Crippen molar-refractivity contribution in [1.29, 1.82) is 5.26 Å². The lowest BCUT2D eigenvalue weighted by molar-refractivity contribution is -0.384. The third kappa shape index (κ3) is 4.73. The number of alkyl halides is 1. The number of ether oxygens (including phenoxy) is 1. The largest absolute Gasteiger partial charge is 0.459 e. The van der Waals surface area contributed by atoms with E-state index < -0.39 is 47.5 Å². The maximum atomic E-state index is 14.4. The van der Waals surface area contributed by atoms with E-state index in [4.69, 9.17) is 10.00 Å². The number of esters is 1. The van der Waals surface area contributed by atoms with Crippen LogP contribution < -0.4 is 5.32 Å². The Balaban J connectivity index is 2.02. The monoisotopic (exact) mass is 404 g/mol. The van der Waals surface area contributed by atoms with E-state index in [0.717, 1.165) is 0 Å². The predicted octanol–water partition coefficient (Wildman–Crippen LogP) is 1.12. The number of benzene rings is 1. The van der Waals surface area contributed by atoms with Gasteiger partial charge >= 0.3 is 5.97 Å². The van der Waals surface area contributed by atoms with Crippen LogP contribution in [0.15, 0.2) is 36.4 Å². The summed E-state index contributed by atoms with van der Waals surface area (Å²) in [7, 11) is 0. The number of nitriles is 1. The molecule has 1 fully saturated rings. The van der Waals surface area contributed by atoms with Crippen LogP contribution in [-0.2, 0) is 25.7 Å². The SMILES string of the molecule is C=C(C)C(C(=O)OCc1ccc([N+](=O)[O-])cc1)N1C(=O)C(NC(=O)CC#N)C1F. The zero-order chi connectivity index (χ0) is 21.7. The van der Waals surface area contributed by atoms with E-state index in [-0.39, 0.29) is 17.9 Å². The van der Waals surface area contributed by atoms with E-state index in [1.165, 1.54) is 31.2 Å².